The molecule has 3 heterocycles. The summed E-state index contributed by atoms with van der Waals surface area (Å²) < 4.78 is 33.0. The Balaban J connectivity index is 1.36. The lowest BCUT2D eigenvalue weighted by Crippen LogP contribution is -2.24. The minimum absolute atomic E-state index is 0.173. The Bertz CT molecular complexity index is 823. The van der Waals surface area contributed by atoms with Crippen molar-refractivity contribution in [3.8, 4) is 0 Å². The van der Waals surface area contributed by atoms with Gasteiger partial charge in [0.15, 0.2) is 0 Å². The summed E-state index contributed by atoms with van der Waals surface area (Å²) in [7, 11) is 0. The number of hydrogen-bond acceptors (Lipinski definition) is 5. The SMILES string of the molecule is Fc1ccc2nc(CO[C@H]3CN(Cc4nccs4)C[C@H]3F)[nH]c2c1. The summed E-state index contributed by atoms with van der Waals surface area (Å²) in [6.07, 6.45) is 0.225. The number of rotatable bonds is 5. The number of aromatic nitrogens is 3. The summed E-state index contributed by atoms with van der Waals surface area (Å²) >= 11 is 1.56. The fraction of sp³-hybridized carbons (Fsp3) is 0.375. The Morgan fingerprint density at radius 2 is 2.29 bits per heavy atom. The maximum absolute atomic E-state index is 14.2. The van der Waals surface area contributed by atoms with Gasteiger partial charge in [0.2, 0.25) is 0 Å². The van der Waals surface area contributed by atoms with Crippen molar-refractivity contribution in [3.05, 3.63) is 46.4 Å². The summed E-state index contributed by atoms with van der Waals surface area (Å²) in [6.45, 7) is 1.68. The quantitative estimate of drug-likeness (QED) is 0.769. The first-order valence-electron chi connectivity index (χ1n) is 7.68. The van der Waals surface area contributed by atoms with Crippen LogP contribution in [0, 0.1) is 5.82 Å². The highest BCUT2D eigenvalue weighted by Gasteiger charge is 2.34. The highest BCUT2D eigenvalue weighted by atomic mass is 32.1. The second kappa shape index (κ2) is 6.54. The van der Waals surface area contributed by atoms with Crippen LogP contribution in [0.1, 0.15) is 10.8 Å². The maximum Gasteiger partial charge on any atom is 0.140 e. The first-order valence-corrected chi connectivity index (χ1v) is 8.56. The van der Waals surface area contributed by atoms with Gasteiger partial charge in [0.1, 0.15) is 35.5 Å². The van der Waals surface area contributed by atoms with E-state index in [9.17, 15) is 8.78 Å². The van der Waals surface area contributed by atoms with Gasteiger partial charge in [-0.3, -0.25) is 4.90 Å². The molecule has 0 radical (unpaired) electrons. The number of nitrogens with one attached hydrogen (secondary N) is 1. The highest BCUT2D eigenvalue weighted by Crippen LogP contribution is 2.21. The van der Waals surface area contributed by atoms with Gasteiger partial charge in [-0.2, -0.15) is 0 Å². The van der Waals surface area contributed by atoms with Crippen LogP contribution in [0.2, 0.25) is 0 Å². The van der Waals surface area contributed by atoms with Gasteiger partial charge in [-0.05, 0) is 18.2 Å². The first kappa shape index (κ1) is 15.6. The number of fused-ring (bicyclic) bond motifs is 1. The average Bonchev–Trinajstić information content (AvgIpc) is 3.26. The van der Waals surface area contributed by atoms with Crippen molar-refractivity contribution in [2.45, 2.75) is 25.4 Å². The van der Waals surface area contributed by atoms with Crippen LogP contribution in [0.25, 0.3) is 11.0 Å². The van der Waals surface area contributed by atoms with E-state index < -0.39 is 12.3 Å². The molecular formula is C16H16F2N4OS. The molecule has 2 aromatic heterocycles. The minimum atomic E-state index is -1.04. The average molecular weight is 350 g/mol. The number of imidazole rings is 1. The fourth-order valence-electron chi connectivity index (χ4n) is 2.91. The third-order valence-corrected chi connectivity index (χ3v) is 4.81. The van der Waals surface area contributed by atoms with Crippen LogP contribution < -0.4 is 0 Å². The molecule has 126 valence electrons. The lowest BCUT2D eigenvalue weighted by Gasteiger charge is -2.14. The van der Waals surface area contributed by atoms with Crippen molar-refractivity contribution in [3.63, 3.8) is 0 Å². The molecule has 5 nitrogen and oxygen atoms in total. The zero-order valence-corrected chi connectivity index (χ0v) is 13.6. The van der Waals surface area contributed by atoms with Crippen LogP contribution in [0.15, 0.2) is 29.8 Å². The molecule has 1 N–H and O–H groups in total. The van der Waals surface area contributed by atoms with Crippen LogP contribution in [-0.2, 0) is 17.9 Å². The van der Waals surface area contributed by atoms with Crippen LogP contribution in [0.4, 0.5) is 8.78 Å². The predicted molar refractivity (Wildman–Crippen MR) is 86.9 cm³/mol. The Morgan fingerprint density at radius 3 is 3.12 bits per heavy atom. The van der Waals surface area contributed by atoms with Gasteiger partial charge in [-0.25, -0.2) is 18.7 Å². The number of ether oxygens (including phenoxy) is 1. The van der Waals surface area contributed by atoms with E-state index in [-0.39, 0.29) is 12.4 Å². The van der Waals surface area contributed by atoms with Crippen molar-refractivity contribution in [1.29, 1.82) is 0 Å². The van der Waals surface area contributed by atoms with E-state index in [2.05, 4.69) is 15.0 Å². The second-order valence-electron chi connectivity index (χ2n) is 5.83. The number of likely N-dealkylation sites (tertiary alicyclic amines) is 1. The van der Waals surface area contributed by atoms with Gasteiger partial charge in [-0.15, -0.1) is 11.3 Å². The predicted octanol–water partition coefficient (Wildman–Crippen LogP) is 2.90. The molecule has 1 aliphatic heterocycles. The van der Waals surface area contributed by atoms with Gasteiger partial charge < -0.3 is 9.72 Å². The van der Waals surface area contributed by atoms with Gasteiger partial charge in [0, 0.05) is 24.7 Å². The summed E-state index contributed by atoms with van der Waals surface area (Å²) in [4.78, 5) is 13.6. The molecule has 1 fully saturated rings. The molecule has 1 aromatic carbocycles. The number of H-pyrrole nitrogens is 1. The van der Waals surface area contributed by atoms with Crippen molar-refractivity contribution >= 4 is 22.4 Å². The molecule has 2 atom stereocenters. The molecule has 1 saturated heterocycles. The van der Waals surface area contributed by atoms with Crippen molar-refractivity contribution < 1.29 is 13.5 Å². The number of hydrogen-bond donors (Lipinski definition) is 1. The Morgan fingerprint density at radius 1 is 1.38 bits per heavy atom. The molecule has 0 amide bonds. The number of halogens is 2. The van der Waals surface area contributed by atoms with E-state index in [1.54, 1.807) is 23.6 Å². The smallest absolute Gasteiger partial charge is 0.140 e. The topological polar surface area (TPSA) is 54.0 Å². The number of alkyl halides is 1. The third-order valence-electron chi connectivity index (χ3n) is 4.04. The molecule has 0 bridgehead atoms. The van der Waals surface area contributed by atoms with E-state index in [0.29, 0.717) is 36.5 Å². The van der Waals surface area contributed by atoms with Crippen LogP contribution >= 0.6 is 11.3 Å². The fourth-order valence-corrected chi connectivity index (χ4v) is 3.56. The van der Waals surface area contributed by atoms with E-state index in [0.717, 1.165) is 5.01 Å². The van der Waals surface area contributed by atoms with Gasteiger partial charge in [0.25, 0.3) is 0 Å². The zero-order chi connectivity index (χ0) is 16.5. The molecule has 1 aliphatic rings. The van der Waals surface area contributed by atoms with Crippen LogP contribution in [-0.4, -0.2) is 45.2 Å². The number of nitrogens with zero attached hydrogens (tertiary/aromatic N) is 3. The van der Waals surface area contributed by atoms with Crippen molar-refractivity contribution in [2.24, 2.45) is 0 Å². The molecule has 0 spiro atoms. The number of benzene rings is 1. The highest BCUT2D eigenvalue weighted by molar-refractivity contribution is 7.09. The molecule has 24 heavy (non-hydrogen) atoms. The maximum atomic E-state index is 14.2. The Hall–Kier alpha value is -1.90. The standard InChI is InChI=1S/C16H16F2N4OS/c17-10-1-2-12-13(5-10)21-15(20-12)9-23-14-7-22(6-11(14)18)8-16-19-3-4-24-16/h1-5,11,14H,6-9H2,(H,20,21)/t11-,14+/m1/s1. The summed E-state index contributed by atoms with van der Waals surface area (Å²) in [5.74, 6) is 0.247. The van der Waals surface area contributed by atoms with Gasteiger partial charge >= 0.3 is 0 Å². The van der Waals surface area contributed by atoms with E-state index >= 15 is 0 Å². The summed E-state index contributed by atoms with van der Waals surface area (Å²) in [6, 6.07) is 4.35. The lowest BCUT2D eigenvalue weighted by atomic mass is 10.3. The van der Waals surface area contributed by atoms with Crippen molar-refractivity contribution in [2.75, 3.05) is 13.1 Å². The molecule has 8 heteroatoms. The third kappa shape index (κ3) is 3.31. The number of thiazole rings is 1. The van der Waals surface area contributed by atoms with Gasteiger partial charge in [0.05, 0.1) is 17.6 Å². The Labute approximate surface area is 141 Å². The van der Waals surface area contributed by atoms with Crippen LogP contribution in [0.5, 0.6) is 0 Å². The van der Waals surface area contributed by atoms with Crippen molar-refractivity contribution in [1.82, 2.24) is 19.9 Å². The minimum Gasteiger partial charge on any atom is -0.366 e. The normalized spacial score (nSPS) is 21.8. The largest absolute Gasteiger partial charge is 0.366 e. The number of aromatic amines is 1. The van der Waals surface area contributed by atoms with E-state index in [1.165, 1.54) is 12.1 Å². The molecule has 0 aliphatic carbocycles. The lowest BCUT2D eigenvalue weighted by molar-refractivity contribution is 0.00863. The van der Waals surface area contributed by atoms with Gasteiger partial charge in [-0.1, -0.05) is 0 Å². The monoisotopic (exact) mass is 350 g/mol. The molecular weight excluding hydrogens is 334 g/mol. The molecule has 0 unspecified atom stereocenters. The molecule has 3 aromatic rings. The Kier molecular flexibility index (Phi) is 4.26. The summed E-state index contributed by atoms with van der Waals surface area (Å²) in [5, 5.41) is 2.89. The van der Waals surface area contributed by atoms with E-state index in [4.69, 9.17) is 4.74 Å². The van der Waals surface area contributed by atoms with Crippen LogP contribution in [0.3, 0.4) is 0 Å². The second-order valence-corrected chi connectivity index (χ2v) is 6.81. The zero-order valence-electron chi connectivity index (χ0n) is 12.8. The molecule has 0 saturated carbocycles. The molecule has 4 rings (SSSR count). The van der Waals surface area contributed by atoms with E-state index in [1.807, 2.05) is 10.3 Å². The first-order chi connectivity index (χ1) is 11.7. The summed E-state index contributed by atoms with van der Waals surface area (Å²) in [5.41, 5.74) is 1.28.